The van der Waals surface area contributed by atoms with Gasteiger partial charge in [-0.3, -0.25) is 4.79 Å². The molecule has 2 aromatic carbocycles. The van der Waals surface area contributed by atoms with E-state index in [0.29, 0.717) is 13.0 Å². The highest BCUT2D eigenvalue weighted by Crippen LogP contribution is 2.34. The number of benzene rings is 2. The number of hydrogen-bond acceptors (Lipinski definition) is 2. The number of piperidine rings is 1. The molecule has 1 amide bonds. The van der Waals surface area contributed by atoms with Crippen molar-refractivity contribution in [2.45, 2.75) is 46.5 Å². The van der Waals surface area contributed by atoms with E-state index in [9.17, 15) is 9.18 Å². The van der Waals surface area contributed by atoms with Gasteiger partial charge in [0.05, 0.1) is 0 Å². The summed E-state index contributed by atoms with van der Waals surface area (Å²) in [5.74, 6) is 0.134. The third kappa shape index (κ3) is 5.17. The third-order valence-electron chi connectivity index (χ3n) is 5.90. The molecule has 0 saturated carbocycles. The van der Waals surface area contributed by atoms with Crippen LogP contribution in [0, 0.1) is 31.5 Å². The summed E-state index contributed by atoms with van der Waals surface area (Å²) < 4.78 is 14.2. The van der Waals surface area contributed by atoms with E-state index in [2.05, 4.69) is 24.3 Å². The van der Waals surface area contributed by atoms with E-state index >= 15 is 0 Å². The van der Waals surface area contributed by atoms with Crippen molar-refractivity contribution in [2.24, 2.45) is 11.8 Å². The number of carbonyl (C=O) groups excluding carboxylic acids is 1. The second-order valence-corrected chi connectivity index (χ2v) is 8.52. The summed E-state index contributed by atoms with van der Waals surface area (Å²) >= 11 is 0. The topological polar surface area (TPSA) is 40.5 Å². The van der Waals surface area contributed by atoms with Gasteiger partial charge in [-0.2, -0.15) is 0 Å². The molecule has 1 heterocycles. The number of allylic oxidation sites excluding steroid dienone is 1. The highest BCUT2D eigenvalue weighted by molar-refractivity contribution is 5.97. The van der Waals surface area contributed by atoms with Crippen molar-refractivity contribution < 1.29 is 14.3 Å². The van der Waals surface area contributed by atoms with Crippen LogP contribution in [0.5, 0.6) is 0 Å². The number of aliphatic hydroxyl groups is 1. The van der Waals surface area contributed by atoms with Crippen LogP contribution in [0.2, 0.25) is 0 Å². The highest BCUT2D eigenvalue weighted by Gasteiger charge is 2.34. The largest absolute Gasteiger partial charge is 0.396 e. The molecule has 160 valence electrons. The zero-order chi connectivity index (χ0) is 21.7. The average Bonchev–Trinajstić information content (AvgIpc) is 2.70. The smallest absolute Gasteiger partial charge is 0.229 e. The van der Waals surface area contributed by atoms with Gasteiger partial charge in [-0.25, -0.2) is 4.39 Å². The van der Waals surface area contributed by atoms with Gasteiger partial charge in [0.15, 0.2) is 0 Å². The van der Waals surface area contributed by atoms with Crippen LogP contribution in [0.25, 0.3) is 6.08 Å². The minimum atomic E-state index is -0.168. The van der Waals surface area contributed by atoms with Crippen molar-refractivity contribution in [2.75, 3.05) is 18.1 Å². The Morgan fingerprint density at radius 1 is 1.20 bits per heavy atom. The summed E-state index contributed by atoms with van der Waals surface area (Å²) in [6.07, 6.45) is 7.17. The summed E-state index contributed by atoms with van der Waals surface area (Å²) in [6, 6.07) is 11.1. The summed E-state index contributed by atoms with van der Waals surface area (Å²) in [4.78, 5) is 15.0. The van der Waals surface area contributed by atoms with Crippen LogP contribution in [-0.4, -0.2) is 24.2 Å². The molecule has 0 aromatic heterocycles. The van der Waals surface area contributed by atoms with Gasteiger partial charge in [0, 0.05) is 24.8 Å². The summed E-state index contributed by atoms with van der Waals surface area (Å²) in [5, 5.41) is 8.92. The van der Waals surface area contributed by atoms with Gasteiger partial charge in [0.1, 0.15) is 5.82 Å². The number of hydrogen-bond donors (Lipinski definition) is 1. The monoisotopic (exact) mass is 409 g/mol. The molecule has 2 atom stereocenters. The molecule has 2 aromatic rings. The van der Waals surface area contributed by atoms with Gasteiger partial charge < -0.3 is 10.0 Å². The predicted molar refractivity (Wildman–Crippen MR) is 121 cm³/mol. The lowest BCUT2D eigenvalue weighted by Gasteiger charge is -2.38. The van der Waals surface area contributed by atoms with Crippen molar-refractivity contribution in [3.05, 3.63) is 70.5 Å². The molecule has 0 radical (unpaired) electrons. The SMILES string of the molecule is Cc1cc(/C=C/CCCO)cc(C)c1N1C[C@@H](Cc2ccccc2F)C[C@@H](C)C1=O. The number of nitrogens with zero attached hydrogens (tertiary/aromatic N) is 1. The van der Waals surface area contributed by atoms with Crippen molar-refractivity contribution in [1.82, 2.24) is 0 Å². The third-order valence-corrected chi connectivity index (χ3v) is 5.90. The molecule has 4 heteroatoms. The molecule has 1 aliphatic rings. The molecule has 1 N–H and O–H groups in total. The Morgan fingerprint density at radius 2 is 1.90 bits per heavy atom. The van der Waals surface area contributed by atoms with E-state index in [1.807, 2.05) is 37.8 Å². The summed E-state index contributed by atoms with van der Waals surface area (Å²) in [6.45, 7) is 6.89. The van der Waals surface area contributed by atoms with Crippen molar-refractivity contribution in [3.63, 3.8) is 0 Å². The highest BCUT2D eigenvalue weighted by atomic mass is 19.1. The predicted octanol–water partition coefficient (Wildman–Crippen LogP) is 5.46. The van der Waals surface area contributed by atoms with Crippen LogP contribution in [0.15, 0.2) is 42.5 Å². The van der Waals surface area contributed by atoms with Gasteiger partial charge in [-0.1, -0.05) is 37.3 Å². The Labute approximate surface area is 179 Å². The van der Waals surface area contributed by atoms with Crippen LogP contribution in [0.1, 0.15) is 48.4 Å². The number of anilines is 1. The number of unbranched alkanes of at least 4 members (excludes halogenated alkanes) is 1. The van der Waals surface area contributed by atoms with E-state index < -0.39 is 0 Å². The Bertz CT molecular complexity index is 898. The summed E-state index contributed by atoms with van der Waals surface area (Å²) in [5.41, 5.74) is 4.96. The second-order valence-electron chi connectivity index (χ2n) is 8.52. The molecule has 3 nitrogen and oxygen atoms in total. The van der Waals surface area contributed by atoms with Crippen LogP contribution in [0.4, 0.5) is 10.1 Å². The Kier molecular flexibility index (Phi) is 7.43. The summed E-state index contributed by atoms with van der Waals surface area (Å²) in [7, 11) is 0. The van der Waals surface area contributed by atoms with E-state index in [1.165, 1.54) is 6.07 Å². The van der Waals surface area contributed by atoms with Crippen LogP contribution < -0.4 is 4.90 Å². The fraction of sp³-hybridized carbons (Fsp3) is 0.423. The normalized spacial score (nSPS) is 19.6. The van der Waals surface area contributed by atoms with Crippen LogP contribution in [-0.2, 0) is 11.2 Å². The van der Waals surface area contributed by atoms with Crippen LogP contribution in [0.3, 0.4) is 0 Å². The number of halogens is 1. The number of aryl methyl sites for hydroxylation is 2. The quantitative estimate of drug-likeness (QED) is 0.617. The number of amides is 1. The number of rotatable bonds is 7. The van der Waals surface area contributed by atoms with Crippen molar-refractivity contribution in [3.8, 4) is 0 Å². The average molecular weight is 410 g/mol. The Hall–Kier alpha value is -2.46. The second kappa shape index (κ2) is 10.0. The van der Waals surface area contributed by atoms with Crippen LogP contribution >= 0.6 is 0 Å². The van der Waals surface area contributed by atoms with E-state index in [-0.39, 0.29) is 30.2 Å². The van der Waals surface area contributed by atoms with E-state index in [4.69, 9.17) is 5.11 Å². The van der Waals surface area contributed by atoms with E-state index in [0.717, 1.165) is 47.2 Å². The number of carbonyl (C=O) groups is 1. The Balaban J connectivity index is 1.83. The maximum atomic E-state index is 14.2. The molecule has 1 saturated heterocycles. The molecule has 1 fully saturated rings. The fourth-order valence-corrected chi connectivity index (χ4v) is 4.55. The van der Waals surface area contributed by atoms with Gasteiger partial charge in [-0.15, -0.1) is 0 Å². The molecule has 30 heavy (non-hydrogen) atoms. The van der Waals surface area contributed by atoms with Crippen molar-refractivity contribution >= 4 is 17.7 Å². The first kappa shape index (κ1) is 22.2. The molecule has 0 spiro atoms. The first-order valence-corrected chi connectivity index (χ1v) is 10.8. The van der Waals surface area contributed by atoms with Gasteiger partial charge in [0.2, 0.25) is 5.91 Å². The van der Waals surface area contributed by atoms with Gasteiger partial charge in [0.25, 0.3) is 0 Å². The minimum Gasteiger partial charge on any atom is -0.396 e. The molecule has 1 aliphatic heterocycles. The number of aliphatic hydroxyl groups excluding tert-OH is 1. The zero-order valence-corrected chi connectivity index (χ0v) is 18.2. The van der Waals surface area contributed by atoms with Gasteiger partial charge >= 0.3 is 0 Å². The molecule has 0 unspecified atom stereocenters. The standard InChI is InChI=1S/C26H32FNO2/c1-18-13-21(9-5-4-8-12-29)14-19(2)25(18)28-17-22(15-20(3)26(28)30)16-23-10-6-7-11-24(23)27/h5-7,9-11,13-14,20,22,29H,4,8,12,15-17H2,1-3H3/b9-5+/t20-,22-/m1/s1. The van der Waals surface area contributed by atoms with E-state index in [1.54, 1.807) is 6.07 Å². The first-order chi connectivity index (χ1) is 14.4. The molecular formula is C26H32FNO2. The lowest BCUT2D eigenvalue weighted by Crippen LogP contribution is -2.46. The minimum absolute atomic E-state index is 0.0765. The molecular weight excluding hydrogens is 377 g/mol. The zero-order valence-electron chi connectivity index (χ0n) is 18.2. The Morgan fingerprint density at radius 3 is 2.57 bits per heavy atom. The molecule has 0 bridgehead atoms. The molecule has 0 aliphatic carbocycles. The van der Waals surface area contributed by atoms with Gasteiger partial charge in [-0.05, 0) is 85.9 Å². The molecule has 3 rings (SSSR count). The van der Waals surface area contributed by atoms with Crippen molar-refractivity contribution in [1.29, 1.82) is 0 Å². The maximum absolute atomic E-state index is 14.2. The lowest BCUT2D eigenvalue weighted by molar-refractivity contribution is -0.124. The fourth-order valence-electron chi connectivity index (χ4n) is 4.55. The first-order valence-electron chi connectivity index (χ1n) is 10.8. The lowest BCUT2D eigenvalue weighted by atomic mass is 9.84. The maximum Gasteiger partial charge on any atom is 0.229 e.